The van der Waals surface area contributed by atoms with Crippen LogP contribution in [0.25, 0.3) is 0 Å². The number of anilines is 1. The number of carbonyl (C=O) groups is 3. The lowest BCUT2D eigenvalue weighted by Crippen LogP contribution is -2.30. The van der Waals surface area contributed by atoms with Crippen molar-refractivity contribution in [1.82, 2.24) is 4.90 Å². The predicted octanol–water partition coefficient (Wildman–Crippen LogP) is 1.95. The number of hydrogen-bond donors (Lipinski definition) is 1. The quantitative estimate of drug-likeness (QED) is 0.850. The van der Waals surface area contributed by atoms with Gasteiger partial charge in [0, 0.05) is 26.1 Å². The van der Waals surface area contributed by atoms with E-state index in [2.05, 4.69) is 5.32 Å². The van der Waals surface area contributed by atoms with Crippen LogP contribution in [-0.4, -0.2) is 42.4 Å². The van der Waals surface area contributed by atoms with Gasteiger partial charge in [0.1, 0.15) is 0 Å². The summed E-state index contributed by atoms with van der Waals surface area (Å²) >= 11 is 0. The van der Waals surface area contributed by atoms with Gasteiger partial charge in [-0.05, 0) is 19.4 Å². The van der Waals surface area contributed by atoms with Crippen molar-refractivity contribution in [3.8, 4) is 0 Å². The first kappa shape index (κ1) is 17.8. The Kier molecular flexibility index (Phi) is 5.48. The summed E-state index contributed by atoms with van der Waals surface area (Å²) in [6.45, 7) is 3.75. The lowest BCUT2D eigenvalue weighted by molar-refractivity contribution is -0.128. The maximum Gasteiger partial charge on any atom is 0.340 e. The second-order valence-electron chi connectivity index (χ2n) is 5.47. The number of amides is 2. The summed E-state index contributed by atoms with van der Waals surface area (Å²) in [6, 6.07) is 1.44. The monoisotopic (exact) mass is 340 g/mol. The molecule has 1 heterocycles. The van der Waals surface area contributed by atoms with Crippen LogP contribution in [0.2, 0.25) is 0 Å². The number of ether oxygens (including phenoxy) is 1. The average Bonchev–Trinajstić information content (AvgIpc) is 3.01. The number of likely N-dealkylation sites (tertiary alicyclic amines) is 1. The number of halogens is 2. The SMILES string of the molecule is CCOC(=O)c1cc(F)c(F)cc1NC(=O)[C@@H]1CCN(C(C)=O)C1. The topological polar surface area (TPSA) is 75.7 Å². The molecule has 0 saturated carbocycles. The molecule has 1 atom stereocenters. The highest BCUT2D eigenvalue weighted by Crippen LogP contribution is 2.24. The molecule has 1 aliphatic rings. The Hall–Kier alpha value is -2.51. The third kappa shape index (κ3) is 3.87. The van der Waals surface area contributed by atoms with E-state index in [0.717, 1.165) is 6.07 Å². The van der Waals surface area contributed by atoms with E-state index in [4.69, 9.17) is 4.74 Å². The molecule has 1 N–H and O–H groups in total. The van der Waals surface area contributed by atoms with Crippen molar-refractivity contribution in [2.75, 3.05) is 25.0 Å². The lowest BCUT2D eigenvalue weighted by Gasteiger charge is -2.15. The maximum atomic E-state index is 13.5. The Balaban J connectivity index is 2.19. The highest BCUT2D eigenvalue weighted by atomic mass is 19.2. The van der Waals surface area contributed by atoms with Gasteiger partial charge < -0.3 is 15.0 Å². The zero-order valence-corrected chi connectivity index (χ0v) is 13.4. The lowest BCUT2D eigenvalue weighted by atomic mass is 10.1. The summed E-state index contributed by atoms with van der Waals surface area (Å²) in [6.07, 6.45) is 0.462. The fourth-order valence-electron chi connectivity index (χ4n) is 2.52. The minimum Gasteiger partial charge on any atom is -0.462 e. The summed E-state index contributed by atoms with van der Waals surface area (Å²) in [5.74, 6) is -4.32. The van der Waals surface area contributed by atoms with E-state index in [9.17, 15) is 23.2 Å². The van der Waals surface area contributed by atoms with Crippen molar-refractivity contribution in [3.63, 3.8) is 0 Å². The van der Waals surface area contributed by atoms with Crippen LogP contribution in [0.3, 0.4) is 0 Å². The van der Waals surface area contributed by atoms with Crippen molar-refractivity contribution < 1.29 is 27.9 Å². The van der Waals surface area contributed by atoms with Crippen LogP contribution < -0.4 is 5.32 Å². The number of nitrogens with one attached hydrogen (secondary N) is 1. The van der Waals surface area contributed by atoms with Gasteiger partial charge in [0.2, 0.25) is 11.8 Å². The summed E-state index contributed by atoms with van der Waals surface area (Å²) in [7, 11) is 0. The largest absolute Gasteiger partial charge is 0.462 e. The third-order valence-electron chi connectivity index (χ3n) is 3.82. The van der Waals surface area contributed by atoms with Crippen LogP contribution in [-0.2, 0) is 14.3 Å². The molecule has 1 saturated heterocycles. The van der Waals surface area contributed by atoms with Crippen LogP contribution in [0.4, 0.5) is 14.5 Å². The molecule has 2 rings (SSSR count). The van der Waals surface area contributed by atoms with Gasteiger partial charge in [0.25, 0.3) is 0 Å². The molecule has 0 aromatic heterocycles. The Bertz CT molecular complexity index is 678. The number of esters is 1. The molecule has 0 aliphatic carbocycles. The Morgan fingerprint density at radius 3 is 2.54 bits per heavy atom. The molecular formula is C16H18F2N2O4. The molecule has 0 radical (unpaired) electrons. The second-order valence-corrected chi connectivity index (χ2v) is 5.47. The molecule has 2 amide bonds. The van der Waals surface area contributed by atoms with Gasteiger partial charge in [-0.3, -0.25) is 9.59 Å². The minimum atomic E-state index is -1.21. The van der Waals surface area contributed by atoms with Crippen molar-refractivity contribution in [2.45, 2.75) is 20.3 Å². The van der Waals surface area contributed by atoms with E-state index in [1.165, 1.54) is 11.8 Å². The van der Waals surface area contributed by atoms with E-state index < -0.39 is 29.4 Å². The van der Waals surface area contributed by atoms with E-state index >= 15 is 0 Å². The van der Waals surface area contributed by atoms with Crippen molar-refractivity contribution in [2.24, 2.45) is 5.92 Å². The third-order valence-corrected chi connectivity index (χ3v) is 3.82. The molecule has 1 fully saturated rings. The summed E-state index contributed by atoms with van der Waals surface area (Å²) < 4.78 is 31.7. The molecule has 6 nitrogen and oxygen atoms in total. The van der Waals surface area contributed by atoms with Crippen molar-refractivity contribution in [1.29, 1.82) is 0 Å². The predicted molar refractivity (Wildman–Crippen MR) is 81.3 cm³/mol. The van der Waals surface area contributed by atoms with Crippen LogP contribution in [0.15, 0.2) is 12.1 Å². The number of nitrogens with zero attached hydrogens (tertiary/aromatic N) is 1. The highest BCUT2D eigenvalue weighted by molar-refractivity contribution is 6.02. The van der Waals surface area contributed by atoms with Gasteiger partial charge in [-0.2, -0.15) is 0 Å². The fourth-order valence-corrected chi connectivity index (χ4v) is 2.52. The van der Waals surface area contributed by atoms with E-state index in [-0.39, 0.29) is 30.3 Å². The summed E-state index contributed by atoms with van der Waals surface area (Å²) in [4.78, 5) is 37.0. The molecule has 1 aromatic carbocycles. The zero-order valence-electron chi connectivity index (χ0n) is 13.4. The van der Waals surface area contributed by atoms with Gasteiger partial charge in [0.15, 0.2) is 11.6 Å². The van der Waals surface area contributed by atoms with Crippen LogP contribution >= 0.6 is 0 Å². The standard InChI is InChI=1S/C16H18F2N2O4/c1-3-24-16(23)11-6-12(17)13(18)7-14(11)19-15(22)10-4-5-20(8-10)9(2)21/h6-7,10H,3-5,8H2,1-2H3,(H,19,22)/t10-/m1/s1. The Labute approximate surface area is 137 Å². The molecule has 8 heteroatoms. The van der Waals surface area contributed by atoms with Crippen LogP contribution in [0.1, 0.15) is 30.6 Å². The Morgan fingerprint density at radius 2 is 1.96 bits per heavy atom. The molecule has 0 unspecified atom stereocenters. The normalized spacial score (nSPS) is 16.8. The molecule has 0 bridgehead atoms. The average molecular weight is 340 g/mol. The van der Waals surface area contributed by atoms with Gasteiger partial charge in [-0.25, -0.2) is 13.6 Å². The van der Waals surface area contributed by atoms with Gasteiger partial charge in [-0.1, -0.05) is 0 Å². The van der Waals surface area contributed by atoms with Gasteiger partial charge in [0.05, 0.1) is 23.8 Å². The van der Waals surface area contributed by atoms with Crippen LogP contribution in [0.5, 0.6) is 0 Å². The second kappa shape index (κ2) is 7.37. The van der Waals surface area contributed by atoms with Crippen LogP contribution in [0, 0.1) is 17.6 Å². The summed E-state index contributed by atoms with van der Waals surface area (Å²) in [5.41, 5.74) is -0.413. The number of rotatable bonds is 4. The van der Waals surface area contributed by atoms with E-state index in [1.807, 2.05) is 0 Å². The molecule has 1 aliphatic heterocycles. The number of hydrogen-bond acceptors (Lipinski definition) is 4. The molecule has 24 heavy (non-hydrogen) atoms. The van der Waals surface area contributed by atoms with Crippen molar-refractivity contribution >= 4 is 23.5 Å². The smallest absolute Gasteiger partial charge is 0.340 e. The zero-order chi connectivity index (χ0) is 17.9. The first-order valence-corrected chi connectivity index (χ1v) is 7.56. The van der Waals surface area contributed by atoms with Gasteiger partial charge in [-0.15, -0.1) is 0 Å². The number of benzene rings is 1. The van der Waals surface area contributed by atoms with E-state index in [1.54, 1.807) is 6.92 Å². The highest BCUT2D eigenvalue weighted by Gasteiger charge is 2.30. The first-order valence-electron chi connectivity index (χ1n) is 7.56. The first-order chi connectivity index (χ1) is 11.3. The number of carbonyl (C=O) groups excluding carboxylic acids is 3. The summed E-state index contributed by atoms with van der Waals surface area (Å²) in [5, 5.41) is 2.43. The molecule has 130 valence electrons. The van der Waals surface area contributed by atoms with Gasteiger partial charge >= 0.3 is 5.97 Å². The minimum absolute atomic E-state index is 0.0570. The molecular weight excluding hydrogens is 322 g/mol. The maximum absolute atomic E-state index is 13.5. The fraction of sp³-hybridized carbons (Fsp3) is 0.438. The molecule has 1 aromatic rings. The molecule has 0 spiro atoms. The van der Waals surface area contributed by atoms with Crippen molar-refractivity contribution in [3.05, 3.63) is 29.3 Å². The van der Waals surface area contributed by atoms with E-state index in [0.29, 0.717) is 19.0 Å². The Morgan fingerprint density at radius 1 is 1.29 bits per heavy atom.